The largest absolute Gasteiger partial charge is 0.503 e. The van der Waals surface area contributed by atoms with Gasteiger partial charge in [0.2, 0.25) is 0 Å². The molecule has 9 nitrogen and oxygen atoms in total. The molecule has 0 spiro atoms. The van der Waals surface area contributed by atoms with Crippen molar-refractivity contribution in [3.8, 4) is 11.5 Å². The number of nitrogens with one attached hydrogen (secondary N) is 1. The van der Waals surface area contributed by atoms with Crippen LogP contribution >= 0.6 is 0 Å². The minimum atomic E-state index is -0.918. The van der Waals surface area contributed by atoms with Crippen molar-refractivity contribution in [1.82, 2.24) is 10.3 Å². The number of carbonyl (C=O) groups excluding carboxylic acids is 2. The number of pyridine rings is 1. The average molecular weight is 549 g/mol. The molecule has 2 N–H and O–H groups in total. The smallest absolute Gasteiger partial charge is 0.329 e. The third-order valence-corrected chi connectivity index (χ3v) is 6.87. The van der Waals surface area contributed by atoms with Gasteiger partial charge >= 0.3 is 5.97 Å². The minimum absolute atomic E-state index is 0.113. The Kier molecular flexibility index (Phi) is 10.5. The summed E-state index contributed by atoms with van der Waals surface area (Å²) < 4.78 is 23.6. The Labute approximate surface area is 234 Å². The van der Waals surface area contributed by atoms with Crippen LogP contribution < -0.4 is 10.1 Å². The fourth-order valence-electron chi connectivity index (χ4n) is 4.70. The molecule has 2 heterocycles. The SMILES string of the molecule is COc1ccnc(C(=O)N[C@H]2CCCC[C@H](OCc3ccccc3)[C@@H](OCc3ccccc3)[C@H](C)OC2=O)c1O. The highest BCUT2D eigenvalue weighted by molar-refractivity contribution is 5.97. The van der Waals surface area contributed by atoms with Crippen LogP contribution in [0.3, 0.4) is 0 Å². The Morgan fingerprint density at radius 1 is 0.975 bits per heavy atom. The molecule has 1 amide bonds. The van der Waals surface area contributed by atoms with E-state index in [0.29, 0.717) is 32.5 Å². The number of amides is 1. The summed E-state index contributed by atoms with van der Waals surface area (Å²) in [6, 6.07) is 20.2. The second kappa shape index (κ2) is 14.4. The number of methoxy groups -OCH3 is 1. The number of carbonyl (C=O) groups is 2. The van der Waals surface area contributed by atoms with E-state index in [4.69, 9.17) is 18.9 Å². The van der Waals surface area contributed by atoms with Crippen molar-refractivity contribution < 1.29 is 33.6 Å². The Balaban J connectivity index is 1.49. The lowest BCUT2D eigenvalue weighted by Crippen LogP contribution is -2.48. The Morgan fingerprint density at radius 3 is 2.25 bits per heavy atom. The Morgan fingerprint density at radius 2 is 1.60 bits per heavy atom. The van der Waals surface area contributed by atoms with Gasteiger partial charge in [-0.25, -0.2) is 9.78 Å². The first-order valence-corrected chi connectivity index (χ1v) is 13.5. The second-order valence-electron chi connectivity index (χ2n) is 9.76. The molecule has 4 rings (SSSR count). The third kappa shape index (κ3) is 7.80. The van der Waals surface area contributed by atoms with E-state index in [1.54, 1.807) is 6.92 Å². The summed E-state index contributed by atoms with van der Waals surface area (Å²) in [5, 5.41) is 13.0. The molecule has 4 atom stereocenters. The number of cyclic esters (lactones) is 1. The minimum Gasteiger partial charge on any atom is -0.503 e. The Bertz CT molecular complexity index is 1240. The molecule has 3 aromatic rings. The molecule has 2 aromatic carbocycles. The first-order valence-electron chi connectivity index (χ1n) is 13.5. The molecule has 1 fully saturated rings. The van der Waals surface area contributed by atoms with E-state index in [1.165, 1.54) is 19.4 Å². The molecule has 0 unspecified atom stereocenters. The number of ether oxygens (including phenoxy) is 4. The molecular weight excluding hydrogens is 512 g/mol. The van der Waals surface area contributed by atoms with Crippen molar-refractivity contribution in [2.75, 3.05) is 7.11 Å². The standard InChI is InChI=1S/C31H36N2O7/c1-21-29(39-20-23-13-7-4-8-14-23)26(38-19-22-11-5-3-6-12-22)16-10-9-15-24(31(36)40-21)33-30(35)27-28(34)25(37-2)17-18-32-27/h3-8,11-14,17-18,21,24,26,29,34H,9-10,15-16,19-20H2,1-2H3,(H,33,35)/t21-,24-,26-,29-/m0/s1. The molecule has 1 aliphatic rings. The number of benzene rings is 2. The molecule has 0 radical (unpaired) electrons. The van der Waals surface area contributed by atoms with Crippen LogP contribution in [0.1, 0.15) is 54.2 Å². The van der Waals surface area contributed by atoms with E-state index in [2.05, 4.69) is 10.3 Å². The van der Waals surface area contributed by atoms with Gasteiger partial charge in [-0.1, -0.05) is 73.5 Å². The zero-order valence-electron chi connectivity index (χ0n) is 22.8. The van der Waals surface area contributed by atoms with Gasteiger partial charge in [0.25, 0.3) is 5.91 Å². The predicted octanol–water partition coefficient (Wildman–Crippen LogP) is 4.57. The van der Waals surface area contributed by atoms with Crippen LogP contribution in [0.25, 0.3) is 0 Å². The van der Waals surface area contributed by atoms with Gasteiger partial charge in [-0.3, -0.25) is 4.79 Å². The van der Waals surface area contributed by atoms with Crippen LogP contribution in [-0.2, 0) is 32.2 Å². The summed E-state index contributed by atoms with van der Waals surface area (Å²) in [6.45, 7) is 2.52. The number of rotatable bonds is 9. The topological polar surface area (TPSA) is 116 Å². The second-order valence-corrected chi connectivity index (χ2v) is 9.76. The van der Waals surface area contributed by atoms with Gasteiger partial charge in [-0.15, -0.1) is 0 Å². The summed E-state index contributed by atoms with van der Waals surface area (Å²) in [6.07, 6.45) is 2.30. The predicted molar refractivity (Wildman–Crippen MR) is 148 cm³/mol. The van der Waals surface area contributed by atoms with Crippen LogP contribution in [0.5, 0.6) is 11.5 Å². The highest BCUT2D eigenvalue weighted by Gasteiger charge is 2.35. The zero-order chi connectivity index (χ0) is 28.3. The van der Waals surface area contributed by atoms with E-state index in [0.717, 1.165) is 17.5 Å². The van der Waals surface area contributed by atoms with Gasteiger partial charge < -0.3 is 29.4 Å². The summed E-state index contributed by atoms with van der Waals surface area (Å²) in [4.78, 5) is 30.2. The van der Waals surface area contributed by atoms with E-state index in [-0.39, 0.29) is 17.5 Å². The van der Waals surface area contributed by atoms with Crippen molar-refractivity contribution in [1.29, 1.82) is 0 Å². The number of hydrogen-bond acceptors (Lipinski definition) is 8. The van der Waals surface area contributed by atoms with Gasteiger partial charge in [0.1, 0.15) is 18.2 Å². The van der Waals surface area contributed by atoms with Crippen molar-refractivity contribution in [3.05, 3.63) is 89.7 Å². The van der Waals surface area contributed by atoms with Crippen LogP contribution in [0.15, 0.2) is 72.9 Å². The first-order chi connectivity index (χ1) is 19.5. The molecule has 1 saturated heterocycles. The summed E-state index contributed by atoms with van der Waals surface area (Å²) in [5.41, 5.74) is 1.81. The van der Waals surface area contributed by atoms with Crippen LogP contribution in [0.4, 0.5) is 0 Å². The van der Waals surface area contributed by atoms with Crippen molar-refractivity contribution in [2.45, 2.75) is 70.2 Å². The maximum Gasteiger partial charge on any atom is 0.329 e. The fourth-order valence-corrected chi connectivity index (χ4v) is 4.70. The van der Waals surface area contributed by atoms with Crippen LogP contribution in [-0.4, -0.2) is 53.4 Å². The third-order valence-electron chi connectivity index (χ3n) is 6.87. The molecule has 0 aliphatic carbocycles. The summed E-state index contributed by atoms with van der Waals surface area (Å²) >= 11 is 0. The van der Waals surface area contributed by atoms with Gasteiger partial charge in [0, 0.05) is 12.3 Å². The van der Waals surface area contributed by atoms with Crippen LogP contribution in [0, 0.1) is 0 Å². The van der Waals surface area contributed by atoms with Gasteiger partial charge in [0.05, 0.1) is 26.4 Å². The summed E-state index contributed by atoms with van der Waals surface area (Å²) in [5.74, 6) is -1.55. The highest BCUT2D eigenvalue weighted by atomic mass is 16.6. The molecule has 1 aliphatic heterocycles. The maximum atomic E-state index is 13.3. The first kappa shape index (κ1) is 29.0. The van der Waals surface area contributed by atoms with E-state index in [1.807, 2.05) is 60.7 Å². The van der Waals surface area contributed by atoms with Crippen molar-refractivity contribution in [3.63, 3.8) is 0 Å². The zero-order valence-corrected chi connectivity index (χ0v) is 22.8. The molecule has 9 heteroatoms. The summed E-state index contributed by atoms with van der Waals surface area (Å²) in [7, 11) is 1.38. The highest BCUT2D eigenvalue weighted by Crippen LogP contribution is 2.28. The normalized spacial score (nSPS) is 21.7. The van der Waals surface area contributed by atoms with E-state index in [9.17, 15) is 14.7 Å². The molecule has 212 valence electrons. The molecule has 40 heavy (non-hydrogen) atoms. The molecule has 0 saturated carbocycles. The molecular formula is C31H36N2O7. The number of nitrogens with zero attached hydrogens (tertiary/aromatic N) is 1. The molecule has 0 bridgehead atoms. The monoisotopic (exact) mass is 548 g/mol. The van der Waals surface area contributed by atoms with Gasteiger partial charge in [-0.05, 0) is 30.9 Å². The van der Waals surface area contributed by atoms with Crippen LogP contribution in [0.2, 0.25) is 0 Å². The number of hydrogen-bond donors (Lipinski definition) is 2. The average Bonchev–Trinajstić information content (AvgIpc) is 2.97. The number of aromatic nitrogens is 1. The lowest BCUT2D eigenvalue weighted by atomic mass is 9.98. The van der Waals surface area contributed by atoms with Crippen molar-refractivity contribution in [2.24, 2.45) is 0 Å². The quantitative estimate of drug-likeness (QED) is 0.374. The number of aromatic hydroxyl groups is 1. The lowest BCUT2D eigenvalue weighted by Gasteiger charge is -2.33. The van der Waals surface area contributed by atoms with E-state index < -0.39 is 35.9 Å². The number of esters is 1. The Hall–Kier alpha value is -3.95. The lowest BCUT2D eigenvalue weighted by molar-refractivity contribution is -0.174. The fraction of sp³-hybridized carbons (Fsp3) is 0.387. The van der Waals surface area contributed by atoms with E-state index >= 15 is 0 Å². The van der Waals surface area contributed by atoms with Gasteiger partial charge in [-0.2, -0.15) is 0 Å². The van der Waals surface area contributed by atoms with Crippen molar-refractivity contribution >= 4 is 11.9 Å². The maximum absolute atomic E-state index is 13.3. The molecule has 1 aromatic heterocycles. The van der Waals surface area contributed by atoms with Gasteiger partial charge in [0.15, 0.2) is 17.2 Å².